The predicted molar refractivity (Wildman–Crippen MR) is 52.9 cm³/mol. The maximum Gasteiger partial charge on any atom is 0.137 e. The SMILES string of the molecule is Cc1cc(F)c(Br)c(CC#N)c1C. The molecule has 0 N–H and O–H groups in total. The molecule has 0 bridgehead atoms. The van der Waals surface area contributed by atoms with Gasteiger partial charge < -0.3 is 0 Å². The zero-order valence-electron chi connectivity index (χ0n) is 7.49. The minimum atomic E-state index is -0.298. The number of hydrogen-bond acceptors (Lipinski definition) is 1. The first kappa shape index (κ1) is 10.2. The maximum atomic E-state index is 13.2. The first-order valence-corrected chi connectivity index (χ1v) is 4.68. The van der Waals surface area contributed by atoms with Gasteiger partial charge in [0.2, 0.25) is 0 Å². The van der Waals surface area contributed by atoms with E-state index in [1.165, 1.54) is 6.07 Å². The molecular weight excluding hydrogens is 233 g/mol. The van der Waals surface area contributed by atoms with Crippen LogP contribution in [-0.2, 0) is 6.42 Å². The van der Waals surface area contributed by atoms with E-state index in [0.717, 1.165) is 16.7 Å². The Morgan fingerprint density at radius 2 is 2.15 bits per heavy atom. The van der Waals surface area contributed by atoms with Crippen molar-refractivity contribution in [3.63, 3.8) is 0 Å². The highest BCUT2D eigenvalue weighted by Gasteiger charge is 2.10. The van der Waals surface area contributed by atoms with Crippen LogP contribution in [0.1, 0.15) is 16.7 Å². The lowest BCUT2D eigenvalue weighted by molar-refractivity contribution is 0.617. The molecule has 0 aliphatic rings. The molecule has 13 heavy (non-hydrogen) atoms. The number of benzene rings is 1. The Bertz CT molecular complexity index is 353. The van der Waals surface area contributed by atoms with E-state index in [4.69, 9.17) is 5.26 Å². The van der Waals surface area contributed by atoms with Crippen molar-refractivity contribution in [3.05, 3.63) is 33.0 Å². The van der Waals surface area contributed by atoms with Crippen LogP contribution in [0, 0.1) is 31.0 Å². The highest BCUT2D eigenvalue weighted by molar-refractivity contribution is 9.10. The van der Waals surface area contributed by atoms with E-state index in [0.29, 0.717) is 4.47 Å². The summed E-state index contributed by atoms with van der Waals surface area (Å²) in [5.74, 6) is -0.298. The molecule has 0 spiro atoms. The molecule has 0 heterocycles. The van der Waals surface area contributed by atoms with Crippen molar-refractivity contribution in [1.82, 2.24) is 0 Å². The van der Waals surface area contributed by atoms with Crippen LogP contribution in [0.25, 0.3) is 0 Å². The Kier molecular flexibility index (Phi) is 3.05. The van der Waals surface area contributed by atoms with Gasteiger partial charge in [0, 0.05) is 0 Å². The van der Waals surface area contributed by atoms with Crippen LogP contribution >= 0.6 is 15.9 Å². The summed E-state index contributed by atoms with van der Waals surface area (Å²) in [6.45, 7) is 3.73. The second-order valence-corrected chi connectivity index (χ2v) is 3.72. The molecule has 0 fully saturated rings. The molecule has 3 heteroatoms. The fourth-order valence-electron chi connectivity index (χ4n) is 1.20. The van der Waals surface area contributed by atoms with Crippen molar-refractivity contribution in [2.75, 3.05) is 0 Å². The Morgan fingerprint density at radius 3 is 2.69 bits per heavy atom. The average Bonchev–Trinajstić information content (AvgIpc) is 2.09. The van der Waals surface area contributed by atoms with Gasteiger partial charge in [-0.3, -0.25) is 0 Å². The summed E-state index contributed by atoms with van der Waals surface area (Å²) >= 11 is 3.14. The van der Waals surface area contributed by atoms with Crippen LogP contribution in [0.3, 0.4) is 0 Å². The van der Waals surface area contributed by atoms with E-state index in [2.05, 4.69) is 15.9 Å². The second-order valence-electron chi connectivity index (χ2n) is 2.93. The van der Waals surface area contributed by atoms with E-state index in [1.54, 1.807) is 0 Å². The third kappa shape index (κ3) is 1.89. The second kappa shape index (κ2) is 3.89. The molecule has 0 aliphatic carbocycles. The van der Waals surface area contributed by atoms with Crippen LogP contribution in [0.5, 0.6) is 0 Å². The molecule has 0 radical (unpaired) electrons. The lowest BCUT2D eigenvalue weighted by Gasteiger charge is -2.08. The van der Waals surface area contributed by atoms with E-state index in [1.807, 2.05) is 19.9 Å². The Labute approximate surface area is 85.3 Å². The summed E-state index contributed by atoms with van der Waals surface area (Å²) in [6, 6.07) is 3.50. The predicted octanol–water partition coefficient (Wildman–Crippen LogP) is 3.27. The maximum absolute atomic E-state index is 13.2. The van der Waals surface area contributed by atoms with Gasteiger partial charge in [0.05, 0.1) is 17.0 Å². The number of hydrogen-bond donors (Lipinski definition) is 0. The first-order chi connectivity index (χ1) is 6.07. The molecular formula is C10H9BrFN. The highest BCUT2D eigenvalue weighted by atomic mass is 79.9. The van der Waals surface area contributed by atoms with Gasteiger partial charge in [0.1, 0.15) is 5.82 Å². The van der Waals surface area contributed by atoms with E-state index >= 15 is 0 Å². The molecule has 1 rings (SSSR count). The molecule has 0 saturated carbocycles. The van der Waals surface area contributed by atoms with Crippen LogP contribution < -0.4 is 0 Å². The van der Waals surface area contributed by atoms with Crippen LogP contribution in [0.2, 0.25) is 0 Å². The standard InChI is InChI=1S/C10H9BrFN/c1-6-5-9(12)10(11)8(3-4-13)7(6)2/h5H,3H2,1-2H3. The topological polar surface area (TPSA) is 23.8 Å². The molecule has 1 aromatic carbocycles. The number of nitriles is 1. The average molecular weight is 242 g/mol. The van der Waals surface area contributed by atoms with Crippen molar-refractivity contribution < 1.29 is 4.39 Å². The van der Waals surface area contributed by atoms with Crippen LogP contribution in [0.15, 0.2) is 10.5 Å². The summed E-state index contributed by atoms with van der Waals surface area (Å²) < 4.78 is 13.6. The normalized spacial score (nSPS) is 9.77. The molecule has 0 amide bonds. The molecule has 0 saturated heterocycles. The summed E-state index contributed by atoms with van der Waals surface area (Å²) in [7, 11) is 0. The van der Waals surface area contributed by atoms with Crippen LogP contribution in [-0.4, -0.2) is 0 Å². The summed E-state index contributed by atoms with van der Waals surface area (Å²) in [4.78, 5) is 0. The Hall–Kier alpha value is -0.880. The van der Waals surface area contributed by atoms with Crippen molar-refractivity contribution >= 4 is 15.9 Å². The van der Waals surface area contributed by atoms with Gasteiger partial charge in [-0.25, -0.2) is 4.39 Å². The smallest absolute Gasteiger partial charge is 0.137 e. The lowest BCUT2D eigenvalue weighted by atomic mass is 10.0. The summed E-state index contributed by atoms with van der Waals surface area (Å²) in [5, 5.41) is 8.56. The number of nitrogens with zero attached hydrogens (tertiary/aromatic N) is 1. The summed E-state index contributed by atoms with van der Waals surface area (Å²) in [6.07, 6.45) is 0.241. The molecule has 0 aromatic heterocycles. The number of halogens is 2. The zero-order valence-corrected chi connectivity index (χ0v) is 9.07. The van der Waals surface area contributed by atoms with E-state index < -0.39 is 0 Å². The van der Waals surface area contributed by atoms with Gasteiger partial charge in [-0.05, 0) is 52.5 Å². The van der Waals surface area contributed by atoms with Gasteiger partial charge in [0.25, 0.3) is 0 Å². The van der Waals surface area contributed by atoms with Gasteiger partial charge in [-0.2, -0.15) is 5.26 Å². The monoisotopic (exact) mass is 241 g/mol. The third-order valence-corrected chi connectivity index (χ3v) is 2.98. The molecule has 0 atom stereocenters. The quantitative estimate of drug-likeness (QED) is 0.741. The van der Waals surface area contributed by atoms with Crippen molar-refractivity contribution in [2.24, 2.45) is 0 Å². The molecule has 1 nitrogen and oxygen atoms in total. The Morgan fingerprint density at radius 1 is 1.54 bits per heavy atom. The minimum absolute atomic E-state index is 0.241. The Balaban J connectivity index is 3.39. The lowest BCUT2D eigenvalue weighted by Crippen LogP contribution is -1.96. The van der Waals surface area contributed by atoms with Gasteiger partial charge in [-0.1, -0.05) is 0 Å². The van der Waals surface area contributed by atoms with Crippen LogP contribution in [0.4, 0.5) is 4.39 Å². The molecule has 1 aromatic rings. The first-order valence-electron chi connectivity index (χ1n) is 3.89. The molecule has 68 valence electrons. The molecule has 0 unspecified atom stereocenters. The summed E-state index contributed by atoms with van der Waals surface area (Å²) in [5.41, 5.74) is 2.61. The minimum Gasteiger partial charge on any atom is -0.206 e. The zero-order chi connectivity index (χ0) is 10.0. The van der Waals surface area contributed by atoms with E-state index in [9.17, 15) is 4.39 Å². The van der Waals surface area contributed by atoms with Crippen molar-refractivity contribution in [1.29, 1.82) is 5.26 Å². The number of aryl methyl sites for hydroxylation is 1. The fourth-order valence-corrected chi connectivity index (χ4v) is 1.75. The van der Waals surface area contributed by atoms with Crippen molar-refractivity contribution in [3.8, 4) is 6.07 Å². The number of rotatable bonds is 1. The largest absolute Gasteiger partial charge is 0.206 e. The van der Waals surface area contributed by atoms with Gasteiger partial charge >= 0.3 is 0 Å². The van der Waals surface area contributed by atoms with Gasteiger partial charge in [0.15, 0.2) is 0 Å². The highest BCUT2D eigenvalue weighted by Crippen LogP contribution is 2.26. The fraction of sp³-hybridized carbons (Fsp3) is 0.300. The third-order valence-electron chi connectivity index (χ3n) is 2.12. The van der Waals surface area contributed by atoms with Crippen molar-refractivity contribution in [2.45, 2.75) is 20.3 Å². The van der Waals surface area contributed by atoms with Gasteiger partial charge in [-0.15, -0.1) is 0 Å². The van der Waals surface area contributed by atoms with E-state index in [-0.39, 0.29) is 12.2 Å². The molecule has 0 aliphatic heterocycles.